The molecule has 0 saturated carbocycles. The van der Waals surface area contributed by atoms with Crippen LogP contribution < -0.4 is 5.32 Å². The van der Waals surface area contributed by atoms with Crippen LogP contribution in [0.2, 0.25) is 0 Å². The lowest BCUT2D eigenvalue weighted by Crippen LogP contribution is -2.69. The Morgan fingerprint density at radius 3 is 2.47 bits per heavy atom. The van der Waals surface area contributed by atoms with E-state index in [-0.39, 0.29) is 17.9 Å². The second-order valence-electron chi connectivity index (χ2n) is 4.84. The van der Waals surface area contributed by atoms with E-state index in [4.69, 9.17) is 6.42 Å². The highest BCUT2D eigenvalue weighted by Crippen LogP contribution is 2.23. The summed E-state index contributed by atoms with van der Waals surface area (Å²) in [7, 11) is 0. The molecule has 2 amide bonds. The van der Waals surface area contributed by atoms with Crippen LogP contribution in [0.25, 0.3) is 0 Å². The minimum absolute atomic E-state index is 0.103. The van der Waals surface area contributed by atoms with E-state index >= 15 is 0 Å². The van der Waals surface area contributed by atoms with Gasteiger partial charge in [0.1, 0.15) is 11.6 Å². The van der Waals surface area contributed by atoms with Crippen molar-refractivity contribution in [3.8, 4) is 12.3 Å². The SMILES string of the molecule is C#CC(CC)N1C(=O)C(C)(C)NC(=O)C1CC. The minimum Gasteiger partial charge on any atom is -0.340 e. The second-order valence-corrected chi connectivity index (χ2v) is 4.84. The molecule has 1 heterocycles. The van der Waals surface area contributed by atoms with Crippen LogP contribution in [0, 0.1) is 12.3 Å². The van der Waals surface area contributed by atoms with Gasteiger partial charge in [-0.25, -0.2) is 0 Å². The summed E-state index contributed by atoms with van der Waals surface area (Å²) >= 11 is 0. The summed E-state index contributed by atoms with van der Waals surface area (Å²) in [6, 6.07) is -0.755. The molecule has 2 atom stereocenters. The largest absolute Gasteiger partial charge is 0.340 e. The zero-order valence-electron chi connectivity index (χ0n) is 10.9. The molecule has 1 rings (SSSR count). The zero-order chi connectivity index (χ0) is 13.2. The van der Waals surface area contributed by atoms with E-state index in [1.54, 1.807) is 18.7 Å². The molecule has 4 nitrogen and oxygen atoms in total. The molecule has 0 aliphatic carbocycles. The first kappa shape index (κ1) is 13.6. The predicted octanol–water partition coefficient (Wildman–Crippen LogP) is 0.914. The Hall–Kier alpha value is -1.50. The monoisotopic (exact) mass is 236 g/mol. The summed E-state index contributed by atoms with van der Waals surface area (Å²) in [6.07, 6.45) is 6.68. The predicted molar refractivity (Wildman–Crippen MR) is 66.1 cm³/mol. The highest BCUT2D eigenvalue weighted by atomic mass is 16.2. The summed E-state index contributed by atoms with van der Waals surface area (Å²) in [5.41, 5.74) is -0.868. The van der Waals surface area contributed by atoms with Crippen molar-refractivity contribution in [1.29, 1.82) is 0 Å². The molecule has 1 N–H and O–H groups in total. The number of amides is 2. The van der Waals surface area contributed by atoms with Crippen LogP contribution in [-0.2, 0) is 9.59 Å². The Kier molecular flexibility index (Phi) is 3.82. The van der Waals surface area contributed by atoms with E-state index in [0.29, 0.717) is 12.8 Å². The van der Waals surface area contributed by atoms with Gasteiger partial charge in [-0.05, 0) is 26.7 Å². The van der Waals surface area contributed by atoms with Crippen molar-refractivity contribution in [3.05, 3.63) is 0 Å². The van der Waals surface area contributed by atoms with Crippen LogP contribution in [0.5, 0.6) is 0 Å². The van der Waals surface area contributed by atoms with Crippen LogP contribution in [0.15, 0.2) is 0 Å². The van der Waals surface area contributed by atoms with Crippen molar-refractivity contribution >= 4 is 11.8 Å². The van der Waals surface area contributed by atoms with Gasteiger partial charge in [0.25, 0.3) is 0 Å². The highest BCUT2D eigenvalue weighted by molar-refractivity contribution is 5.99. The first-order valence-electron chi connectivity index (χ1n) is 5.99. The molecule has 17 heavy (non-hydrogen) atoms. The van der Waals surface area contributed by atoms with Gasteiger partial charge >= 0.3 is 0 Å². The summed E-state index contributed by atoms with van der Waals surface area (Å²) < 4.78 is 0. The number of carbonyl (C=O) groups is 2. The zero-order valence-corrected chi connectivity index (χ0v) is 10.9. The molecular formula is C13H20N2O2. The lowest BCUT2D eigenvalue weighted by atomic mass is 9.93. The lowest BCUT2D eigenvalue weighted by molar-refractivity contribution is -0.155. The van der Waals surface area contributed by atoms with Gasteiger partial charge in [0.15, 0.2) is 0 Å². The highest BCUT2D eigenvalue weighted by Gasteiger charge is 2.46. The number of hydrogen-bond donors (Lipinski definition) is 1. The van der Waals surface area contributed by atoms with Crippen molar-refractivity contribution in [1.82, 2.24) is 10.2 Å². The van der Waals surface area contributed by atoms with Crippen LogP contribution in [0.1, 0.15) is 40.5 Å². The van der Waals surface area contributed by atoms with Gasteiger partial charge < -0.3 is 10.2 Å². The molecule has 1 aliphatic rings. The Morgan fingerprint density at radius 1 is 1.47 bits per heavy atom. The van der Waals surface area contributed by atoms with Crippen molar-refractivity contribution in [2.24, 2.45) is 0 Å². The molecule has 2 unspecified atom stereocenters. The molecule has 0 bridgehead atoms. The number of piperazine rings is 1. The Balaban J connectivity index is 3.14. The van der Waals surface area contributed by atoms with E-state index < -0.39 is 11.6 Å². The van der Waals surface area contributed by atoms with Gasteiger partial charge in [-0.1, -0.05) is 19.8 Å². The second kappa shape index (κ2) is 4.79. The molecule has 1 saturated heterocycles. The molecule has 1 fully saturated rings. The Labute approximate surface area is 103 Å². The van der Waals surface area contributed by atoms with E-state index in [1.807, 2.05) is 13.8 Å². The van der Waals surface area contributed by atoms with E-state index in [0.717, 1.165) is 0 Å². The van der Waals surface area contributed by atoms with E-state index in [2.05, 4.69) is 11.2 Å². The number of rotatable bonds is 3. The first-order chi connectivity index (χ1) is 7.88. The molecule has 0 aromatic rings. The number of terminal acetylenes is 1. The molecule has 94 valence electrons. The lowest BCUT2D eigenvalue weighted by Gasteiger charge is -2.44. The van der Waals surface area contributed by atoms with Gasteiger partial charge in [0.05, 0.1) is 6.04 Å². The van der Waals surface area contributed by atoms with Gasteiger partial charge in [0.2, 0.25) is 11.8 Å². The van der Waals surface area contributed by atoms with Crippen molar-refractivity contribution in [3.63, 3.8) is 0 Å². The molecule has 1 aliphatic heterocycles. The number of nitrogens with zero attached hydrogens (tertiary/aromatic N) is 1. The smallest absolute Gasteiger partial charge is 0.249 e. The number of nitrogens with one attached hydrogen (secondary N) is 1. The fourth-order valence-corrected chi connectivity index (χ4v) is 2.17. The van der Waals surface area contributed by atoms with Gasteiger partial charge in [-0.3, -0.25) is 9.59 Å². The normalized spacial score (nSPS) is 25.1. The van der Waals surface area contributed by atoms with Gasteiger partial charge in [0, 0.05) is 0 Å². The minimum atomic E-state index is -0.868. The summed E-state index contributed by atoms with van der Waals surface area (Å²) in [5, 5.41) is 2.74. The summed E-state index contributed by atoms with van der Waals surface area (Å²) in [4.78, 5) is 25.9. The van der Waals surface area contributed by atoms with E-state index in [1.165, 1.54) is 0 Å². The maximum Gasteiger partial charge on any atom is 0.249 e. The summed E-state index contributed by atoms with van der Waals surface area (Å²) in [6.45, 7) is 7.21. The average molecular weight is 236 g/mol. The van der Waals surface area contributed by atoms with Crippen LogP contribution in [0.3, 0.4) is 0 Å². The van der Waals surface area contributed by atoms with Crippen molar-refractivity contribution < 1.29 is 9.59 Å². The van der Waals surface area contributed by atoms with Gasteiger partial charge in [-0.2, -0.15) is 0 Å². The molecule has 0 spiro atoms. The third kappa shape index (κ3) is 2.28. The van der Waals surface area contributed by atoms with E-state index in [9.17, 15) is 9.59 Å². The van der Waals surface area contributed by atoms with Crippen LogP contribution in [0.4, 0.5) is 0 Å². The summed E-state index contributed by atoms with van der Waals surface area (Å²) in [5.74, 6) is 2.38. The molecule has 0 aromatic heterocycles. The first-order valence-corrected chi connectivity index (χ1v) is 5.99. The van der Waals surface area contributed by atoms with Gasteiger partial charge in [-0.15, -0.1) is 6.42 Å². The maximum atomic E-state index is 12.3. The maximum absolute atomic E-state index is 12.3. The molecule has 4 heteroatoms. The quantitative estimate of drug-likeness (QED) is 0.741. The number of hydrogen-bond acceptors (Lipinski definition) is 2. The molecular weight excluding hydrogens is 216 g/mol. The Morgan fingerprint density at radius 2 is 2.06 bits per heavy atom. The standard InChI is InChI=1S/C13H20N2O2/c1-6-9(7-2)15-10(8-3)11(16)14-13(4,5)12(15)17/h1,9-10H,7-8H2,2-5H3,(H,14,16). The van der Waals surface area contributed by atoms with Crippen molar-refractivity contribution in [2.45, 2.75) is 58.2 Å². The van der Waals surface area contributed by atoms with Crippen molar-refractivity contribution in [2.75, 3.05) is 0 Å². The van der Waals surface area contributed by atoms with Crippen LogP contribution in [-0.4, -0.2) is 34.3 Å². The third-order valence-corrected chi connectivity index (χ3v) is 3.14. The number of carbonyl (C=O) groups excluding carboxylic acids is 2. The average Bonchev–Trinajstić information content (AvgIpc) is 2.26. The fraction of sp³-hybridized carbons (Fsp3) is 0.692. The third-order valence-electron chi connectivity index (χ3n) is 3.14. The van der Waals surface area contributed by atoms with Crippen LogP contribution >= 0.6 is 0 Å². The topological polar surface area (TPSA) is 49.4 Å². The Bertz CT molecular complexity index is 368. The fourth-order valence-electron chi connectivity index (χ4n) is 2.17. The molecule has 0 radical (unpaired) electrons. The molecule has 0 aromatic carbocycles.